The maximum Gasteiger partial charge on any atom is 0.0377 e. The largest absolute Gasteiger partial charge is 0.225 e. The molecule has 0 atom stereocenters. The van der Waals surface area contributed by atoms with Gasteiger partial charge in [0.1, 0.15) is 0 Å². The summed E-state index contributed by atoms with van der Waals surface area (Å²) in [6.45, 7) is 4.03. The van der Waals surface area contributed by atoms with Crippen molar-refractivity contribution in [3.05, 3.63) is 11.6 Å². The normalized spacial score (nSPS) is 13.1. The molecule has 46 valence electrons. The average Bonchev–Trinajstić information content (AvgIpc) is 1.83. The van der Waals surface area contributed by atoms with Crippen LogP contribution in [0.4, 0.5) is 0 Å². The minimum Gasteiger partial charge on any atom is -0.225 e. The quantitative estimate of drug-likeness (QED) is 0.411. The second-order valence-corrected chi connectivity index (χ2v) is 2.03. The molecule has 0 heterocycles. The van der Waals surface area contributed by atoms with Crippen LogP contribution in [0.15, 0.2) is 16.0 Å². The van der Waals surface area contributed by atoms with Crippen LogP contribution in [0.5, 0.6) is 0 Å². The van der Waals surface area contributed by atoms with E-state index >= 15 is 0 Å². The molecule has 0 aromatic rings. The highest BCUT2D eigenvalue weighted by Gasteiger charge is 1.74. The van der Waals surface area contributed by atoms with E-state index in [1.165, 1.54) is 17.5 Å². The Balaban J connectivity index is 3.53. The zero-order valence-electron chi connectivity index (χ0n) is 5.51. The Morgan fingerprint density at radius 2 is 2.25 bits per heavy atom. The number of allylic oxidation sites excluding steroid dienone is 2. The summed E-state index contributed by atoms with van der Waals surface area (Å²) in [6.07, 6.45) is 5.82. The lowest BCUT2D eigenvalue weighted by atomic mass is 10.3. The van der Waals surface area contributed by atoms with E-state index in [1.54, 1.807) is 0 Å². The number of hydrogen-bond donors (Lipinski definition) is 0. The van der Waals surface area contributed by atoms with Crippen molar-refractivity contribution in [3.8, 4) is 0 Å². The first-order chi connectivity index (χ1) is 3.81. The Hall–Kier alpha value is -0.240. The zero-order chi connectivity index (χ0) is 6.41. The molecule has 0 aromatic carbocycles. The van der Waals surface area contributed by atoms with Gasteiger partial charge in [0.05, 0.1) is 0 Å². The summed E-state index contributed by atoms with van der Waals surface area (Å²) in [6, 6.07) is 0. The second kappa shape index (κ2) is 4.91. The van der Waals surface area contributed by atoms with Crippen LogP contribution in [0.1, 0.15) is 13.8 Å². The van der Waals surface area contributed by atoms with Crippen molar-refractivity contribution in [2.45, 2.75) is 13.8 Å². The van der Waals surface area contributed by atoms with E-state index in [9.17, 15) is 0 Å². The molecule has 0 radical (unpaired) electrons. The van der Waals surface area contributed by atoms with Crippen LogP contribution in [0.25, 0.3) is 0 Å². The van der Waals surface area contributed by atoms with E-state index in [1.807, 2.05) is 32.4 Å². The van der Waals surface area contributed by atoms with Gasteiger partial charge in [0.2, 0.25) is 0 Å². The lowest BCUT2D eigenvalue weighted by molar-refractivity contribution is 1.55. The predicted octanol–water partition coefficient (Wildman–Crippen LogP) is 2.30. The van der Waals surface area contributed by atoms with E-state index in [-0.39, 0.29) is 0 Å². The molecule has 0 N–H and O–H groups in total. The number of hydrogen-bond acceptors (Lipinski definition) is 2. The molecule has 0 saturated heterocycles. The fraction of sp³-hybridized carbons (Fsp3) is 0.500. The Bertz CT molecular complexity index is 105. The van der Waals surface area contributed by atoms with Crippen LogP contribution in [-0.2, 0) is 0 Å². The summed E-state index contributed by atoms with van der Waals surface area (Å²) in [7, 11) is 0. The Morgan fingerprint density at radius 3 is 2.62 bits per heavy atom. The maximum absolute atomic E-state index is 3.97. The van der Waals surface area contributed by atoms with Crippen molar-refractivity contribution in [2.75, 3.05) is 6.26 Å². The molecule has 8 heavy (non-hydrogen) atoms. The topological polar surface area (TPSA) is 12.4 Å². The molecule has 0 aliphatic heterocycles. The Kier molecular flexibility index (Phi) is 4.76. The predicted molar refractivity (Wildman–Crippen MR) is 41.4 cm³/mol. The van der Waals surface area contributed by atoms with Crippen molar-refractivity contribution in [3.63, 3.8) is 0 Å². The van der Waals surface area contributed by atoms with Crippen LogP contribution in [-0.4, -0.2) is 12.5 Å². The third-order valence-electron chi connectivity index (χ3n) is 0.817. The SMILES string of the molecule is C/C=C(C)\C=N/SC. The van der Waals surface area contributed by atoms with Gasteiger partial charge in [0, 0.05) is 12.5 Å². The average molecular weight is 129 g/mol. The van der Waals surface area contributed by atoms with Crippen molar-refractivity contribution in [2.24, 2.45) is 4.40 Å². The fourth-order valence-electron chi connectivity index (χ4n) is 0.210. The molecular weight excluding hydrogens is 118 g/mol. The lowest BCUT2D eigenvalue weighted by Crippen LogP contribution is -1.71. The highest BCUT2D eigenvalue weighted by atomic mass is 32.2. The first kappa shape index (κ1) is 7.76. The van der Waals surface area contributed by atoms with Gasteiger partial charge in [-0.3, -0.25) is 0 Å². The molecule has 2 heteroatoms. The van der Waals surface area contributed by atoms with Gasteiger partial charge in [-0.15, -0.1) is 0 Å². The highest BCUT2D eigenvalue weighted by Crippen LogP contribution is 1.93. The molecule has 0 saturated carbocycles. The minimum absolute atomic E-state index is 1.21. The zero-order valence-corrected chi connectivity index (χ0v) is 6.33. The first-order valence-corrected chi connectivity index (χ1v) is 3.69. The summed E-state index contributed by atoms with van der Waals surface area (Å²) in [5.41, 5.74) is 1.21. The summed E-state index contributed by atoms with van der Waals surface area (Å²) < 4.78 is 3.97. The van der Waals surface area contributed by atoms with Gasteiger partial charge in [0.15, 0.2) is 0 Å². The van der Waals surface area contributed by atoms with Crippen molar-refractivity contribution in [1.29, 1.82) is 0 Å². The van der Waals surface area contributed by atoms with Gasteiger partial charge >= 0.3 is 0 Å². The van der Waals surface area contributed by atoms with E-state index in [2.05, 4.69) is 4.40 Å². The summed E-state index contributed by atoms with van der Waals surface area (Å²) in [5.74, 6) is 0. The molecule has 0 unspecified atom stereocenters. The molecule has 0 aliphatic rings. The molecule has 0 fully saturated rings. The van der Waals surface area contributed by atoms with Crippen molar-refractivity contribution in [1.82, 2.24) is 0 Å². The first-order valence-electron chi connectivity index (χ1n) is 2.50. The molecule has 0 aliphatic carbocycles. The summed E-state index contributed by atoms with van der Waals surface area (Å²) >= 11 is 1.47. The van der Waals surface area contributed by atoms with Gasteiger partial charge in [0.25, 0.3) is 0 Å². The van der Waals surface area contributed by atoms with Gasteiger partial charge < -0.3 is 0 Å². The van der Waals surface area contributed by atoms with Crippen LogP contribution in [0.2, 0.25) is 0 Å². The second-order valence-electron chi connectivity index (χ2n) is 1.45. The van der Waals surface area contributed by atoms with Gasteiger partial charge in [-0.05, 0) is 31.4 Å². The Labute approximate surface area is 55.0 Å². The molecule has 0 spiro atoms. The number of nitrogens with zero attached hydrogens (tertiary/aromatic N) is 1. The van der Waals surface area contributed by atoms with E-state index in [0.29, 0.717) is 0 Å². The van der Waals surface area contributed by atoms with Gasteiger partial charge in [-0.2, -0.15) is 0 Å². The van der Waals surface area contributed by atoms with Crippen LogP contribution in [0.3, 0.4) is 0 Å². The molecule has 0 rings (SSSR count). The van der Waals surface area contributed by atoms with Crippen LogP contribution in [0, 0.1) is 0 Å². The van der Waals surface area contributed by atoms with Gasteiger partial charge in [-0.25, -0.2) is 4.40 Å². The van der Waals surface area contributed by atoms with E-state index in [4.69, 9.17) is 0 Å². The Morgan fingerprint density at radius 1 is 1.62 bits per heavy atom. The standard InChI is InChI=1S/C6H11NS/c1-4-6(2)5-7-8-3/h4-5H,1-3H3/b6-4-,7-5-. The summed E-state index contributed by atoms with van der Waals surface area (Å²) in [4.78, 5) is 0. The molecular formula is C6H11NS. The lowest BCUT2D eigenvalue weighted by Gasteiger charge is -1.83. The van der Waals surface area contributed by atoms with Crippen LogP contribution >= 0.6 is 11.9 Å². The maximum atomic E-state index is 3.97. The molecule has 0 aromatic heterocycles. The van der Waals surface area contributed by atoms with Crippen LogP contribution < -0.4 is 0 Å². The molecule has 0 amide bonds. The molecule has 0 bridgehead atoms. The van der Waals surface area contributed by atoms with Gasteiger partial charge in [-0.1, -0.05) is 6.08 Å². The monoisotopic (exact) mass is 129 g/mol. The smallest absolute Gasteiger partial charge is 0.0377 e. The summed E-state index contributed by atoms with van der Waals surface area (Å²) in [5, 5.41) is 0. The van der Waals surface area contributed by atoms with E-state index < -0.39 is 0 Å². The highest BCUT2D eigenvalue weighted by molar-refractivity contribution is 7.97. The molecule has 1 nitrogen and oxygen atoms in total. The van der Waals surface area contributed by atoms with Crippen molar-refractivity contribution < 1.29 is 0 Å². The minimum atomic E-state index is 1.21. The third-order valence-corrected chi connectivity index (χ3v) is 1.13. The number of rotatable bonds is 2. The fourth-order valence-corrected chi connectivity index (χ4v) is 0.482. The van der Waals surface area contributed by atoms with E-state index in [0.717, 1.165) is 0 Å². The van der Waals surface area contributed by atoms with Crippen molar-refractivity contribution >= 4 is 18.2 Å². The third kappa shape index (κ3) is 3.93.